The molecule has 1 N–H and O–H groups in total. The molecule has 2 aromatic rings. The number of aromatic nitrogens is 2. The Balaban J connectivity index is 2.61. The number of methoxy groups -OCH3 is 1. The molecule has 1 heterocycles. The molecule has 0 aliphatic carbocycles. The maximum absolute atomic E-state index is 11.5. The Bertz CT molecular complexity index is 875. The van der Waals surface area contributed by atoms with E-state index in [2.05, 4.69) is 31.1 Å². The Morgan fingerprint density at radius 1 is 1.35 bits per heavy atom. The second kappa shape index (κ2) is 7.20. The van der Waals surface area contributed by atoms with Crippen LogP contribution in [0.2, 0.25) is 0 Å². The highest BCUT2D eigenvalue weighted by Gasteiger charge is 2.34. The number of carbonyl (C=O) groups is 1. The summed E-state index contributed by atoms with van der Waals surface area (Å²) in [6.45, 7) is 12.3. The second-order valence-electron chi connectivity index (χ2n) is 7.14. The van der Waals surface area contributed by atoms with Crippen molar-refractivity contribution in [3.8, 4) is 11.9 Å². The summed E-state index contributed by atoms with van der Waals surface area (Å²) in [5.41, 5.74) is 4.20. The van der Waals surface area contributed by atoms with Crippen LogP contribution in [0, 0.1) is 32.2 Å². The van der Waals surface area contributed by atoms with Gasteiger partial charge in [0.15, 0.2) is 12.5 Å². The number of nitriles is 1. The van der Waals surface area contributed by atoms with Crippen LogP contribution >= 0.6 is 0 Å². The lowest BCUT2D eigenvalue weighted by Crippen LogP contribution is -2.31. The largest absolute Gasteiger partial charge is 0.496 e. The van der Waals surface area contributed by atoms with Crippen molar-refractivity contribution in [1.29, 1.82) is 5.26 Å². The van der Waals surface area contributed by atoms with E-state index < -0.39 is 0 Å². The van der Waals surface area contributed by atoms with Gasteiger partial charge >= 0.3 is 0 Å². The van der Waals surface area contributed by atoms with E-state index in [9.17, 15) is 4.79 Å². The minimum Gasteiger partial charge on any atom is -0.496 e. The smallest absolute Gasteiger partial charge is 0.216 e. The Hall–Kier alpha value is -2.81. The summed E-state index contributed by atoms with van der Waals surface area (Å²) in [7, 11) is 1.56. The van der Waals surface area contributed by atoms with Gasteiger partial charge in [-0.3, -0.25) is 10.1 Å². The maximum atomic E-state index is 11.5. The third-order valence-electron chi connectivity index (χ3n) is 5.38. The molecule has 1 aromatic carbocycles. The van der Waals surface area contributed by atoms with Gasteiger partial charge in [-0.15, -0.1) is 0 Å². The number of rotatable bonds is 6. The highest BCUT2D eigenvalue weighted by molar-refractivity contribution is 5.80. The molecule has 0 saturated carbocycles. The van der Waals surface area contributed by atoms with Crippen molar-refractivity contribution in [2.24, 2.45) is 0 Å². The molecule has 2 rings (SSSR count). The zero-order chi connectivity index (χ0) is 19.6. The van der Waals surface area contributed by atoms with E-state index >= 15 is 0 Å². The van der Waals surface area contributed by atoms with Crippen molar-refractivity contribution in [3.63, 3.8) is 0 Å². The fourth-order valence-electron chi connectivity index (χ4n) is 3.45. The Labute approximate surface area is 154 Å². The van der Waals surface area contributed by atoms with Crippen molar-refractivity contribution in [2.75, 3.05) is 12.4 Å². The first-order chi connectivity index (χ1) is 12.2. The van der Waals surface area contributed by atoms with Crippen molar-refractivity contribution < 1.29 is 9.53 Å². The lowest BCUT2D eigenvalue weighted by molar-refractivity contribution is 0.112. The summed E-state index contributed by atoms with van der Waals surface area (Å²) < 4.78 is 7.36. The molecule has 0 saturated heterocycles. The van der Waals surface area contributed by atoms with Gasteiger partial charge in [-0.2, -0.15) is 5.26 Å². The highest BCUT2D eigenvalue weighted by Crippen LogP contribution is 2.41. The molecular weight excluding hydrogens is 328 g/mol. The van der Waals surface area contributed by atoms with E-state index in [0.29, 0.717) is 17.3 Å². The molecule has 26 heavy (non-hydrogen) atoms. The lowest BCUT2D eigenvalue weighted by Gasteiger charge is -2.36. The van der Waals surface area contributed by atoms with E-state index in [4.69, 9.17) is 10.00 Å². The summed E-state index contributed by atoms with van der Waals surface area (Å²) in [5, 5.41) is 11.7. The van der Waals surface area contributed by atoms with Gasteiger partial charge in [0.25, 0.3) is 0 Å². The molecule has 0 amide bonds. The lowest BCUT2D eigenvalue weighted by atomic mass is 9.75. The number of hydrogen-bond acceptors (Lipinski definition) is 5. The monoisotopic (exact) mass is 354 g/mol. The van der Waals surface area contributed by atoms with Crippen molar-refractivity contribution >= 4 is 12.2 Å². The highest BCUT2D eigenvalue weighted by atomic mass is 16.5. The summed E-state index contributed by atoms with van der Waals surface area (Å²) >= 11 is 0. The Morgan fingerprint density at radius 3 is 2.54 bits per heavy atom. The standard InChI is InChI=1S/C20H26N4O2/c1-12-8-18(26-7)16(10-25)9-17(12)20(5,6)15(4)24-14(3)13(2)23-19(24)22-11-21/h8-10,15H,1-7H3,(H,22,23). The SMILES string of the molecule is COc1cc(C)c(C(C)(C)C(C)n2c(NC#N)nc(C)c2C)cc1C=O. The first-order valence-corrected chi connectivity index (χ1v) is 8.53. The first-order valence-electron chi connectivity index (χ1n) is 8.53. The predicted octanol–water partition coefficient (Wildman–Crippen LogP) is 4.06. The minimum absolute atomic E-state index is 0.00820. The number of benzene rings is 1. The first kappa shape index (κ1) is 19.5. The number of nitrogens with one attached hydrogen (secondary N) is 1. The topological polar surface area (TPSA) is 79.9 Å². The van der Waals surface area contributed by atoms with Gasteiger partial charge in [-0.05, 0) is 51.0 Å². The quantitative estimate of drug-likeness (QED) is 0.481. The summed E-state index contributed by atoms with van der Waals surface area (Å²) in [4.78, 5) is 15.9. The molecular formula is C20H26N4O2. The van der Waals surface area contributed by atoms with Crippen LogP contribution in [0.3, 0.4) is 0 Å². The third kappa shape index (κ3) is 3.17. The molecule has 1 unspecified atom stereocenters. The maximum Gasteiger partial charge on any atom is 0.216 e. The number of hydrogen-bond donors (Lipinski definition) is 1. The average molecular weight is 354 g/mol. The molecule has 0 aliphatic rings. The number of ether oxygens (including phenoxy) is 1. The second-order valence-corrected chi connectivity index (χ2v) is 7.14. The predicted molar refractivity (Wildman–Crippen MR) is 102 cm³/mol. The molecule has 0 radical (unpaired) electrons. The fourth-order valence-corrected chi connectivity index (χ4v) is 3.45. The van der Waals surface area contributed by atoms with Gasteiger partial charge in [0.2, 0.25) is 5.95 Å². The van der Waals surface area contributed by atoms with Gasteiger partial charge in [0.05, 0.1) is 18.4 Å². The van der Waals surface area contributed by atoms with Crippen molar-refractivity contribution in [2.45, 2.75) is 53.0 Å². The van der Waals surface area contributed by atoms with E-state index in [0.717, 1.165) is 28.8 Å². The molecule has 138 valence electrons. The van der Waals surface area contributed by atoms with Crippen LogP contribution < -0.4 is 10.1 Å². The van der Waals surface area contributed by atoms with Crippen LogP contribution in [0.1, 0.15) is 59.7 Å². The molecule has 0 spiro atoms. The average Bonchev–Trinajstić information content (AvgIpc) is 2.87. The van der Waals surface area contributed by atoms with Crippen LogP contribution in [0.25, 0.3) is 0 Å². The van der Waals surface area contributed by atoms with E-state index in [1.807, 2.05) is 43.7 Å². The summed E-state index contributed by atoms with van der Waals surface area (Å²) in [6, 6.07) is 3.79. The summed E-state index contributed by atoms with van der Waals surface area (Å²) in [5.74, 6) is 1.11. The molecule has 0 fully saturated rings. The minimum atomic E-state index is -0.322. The van der Waals surface area contributed by atoms with E-state index in [1.54, 1.807) is 7.11 Å². The van der Waals surface area contributed by atoms with E-state index in [1.165, 1.54) is 0 Å². The van der Waals surface area contributed by atoms with Crippen LogP contribution in [0.15, 0.2) is 12.1 Å². The molecule has 6 heteroatoms. The zero-order valence-corrected chi connectivity index (χ0v) is 16.5. The van der Waals surface area contributed by atoms with Gasteiger partial charge in [0, 0.05) is 17.2 Å². The normalized spacial score (nSPS) is 12.4. The van der Waals surface area contributed by atoms with Gasteiger partial charge in [-0.1, -0.05) is 13.8 Å². The van der Waals surface area contributed by atoms with Gasteiger partial charge in [0.1, 0.15) is 5.75 Å². The van der Waals surface area contributed by atoms with Gasteiger partial charge < -0.3 is 9.30 Å². The number of aryl methyl sites for hydroxylation is 2. The Morgan fingerprint density at radius 2 is 2.00 bits per heavy atom. The molecule has 1 aromatic heterocycles. The van der Waals surface area contributed by atoms with Crippen LogP contribution in [-0.4, -0.2) is 22.9 Å². The number of anilines is 1. The number of nitrogens with zero attached hydrogens (tertiary/aromatic N) is 3. The molecule has 6 nitrogen and oxygen atoms in total. The number of imidazole rings is 1. The van der Waals surface area contributed by atoms with Crippen molar-refractivity contribution in [1.82, 2.24) is 9.55 Å². The third-order valence-corrected chi connectivity index (χ3v) is 5.38. The Kier molecular flexibility index (Phi) is 5.41. The molecule has 0 aliphatic heterocycles. The zero-order valence-electron chi connectivity index (χ0n) is 16.5. The number of carbonyl (C=O) groups excluding carboxylic acids is 1. The number of aldehydes is 1. The van der Waals surface area contributed by atoms with Gasteiger partial charge in [-0.25, -0.2) is 4.98 Å². The van der Waals surface area contributed by atoms with E-state index in [-0.39, 0.29) is 11.5 Å². The van der Waals surface area contributed by atoms with Crippen LogP contribution in [-0.2, 0) is 5.41 Å². The molecule has 0 bridgehead atoms. The summed E-state index contributed by atoms with van der Waals surface area (Å²) in [6.07, 6.45) is 2.78. The van der Waals surface area contributed by atoms with Crippen LogP contribution in [0.5, 0.6) is 5.75 Å². The fraction of sp³-hybridized carbons (Fsp3) is 0.450. The molecule has 1 atom stereocenters. The van der Waals surface area contributed by atoms with Crippen LogP contribution in [0.4, 0.5) is 5.95 Å². The van der Waals surface area contributed by atoms with Crippen molar-refractivity contribution in [3.05, 3.63) is 40.2 Å².